The van der Waals surface area contributed by atoms with E-state index in [0.29, 0.717) is 6.07 Å². The van der Waals surface area contributed by atoms with Gasteiger partial charge in [0.1, 0.15) is 0 Å². The third-order valence-electron chi connectivity index (χ3n) is 1.86. The van der Waals surface area contributed by atoms with Crippen molar-refractivity contribution < 1.29 is 22.7 Å². The van der Waals surface area contributed by atoms with Gasteiger partial charge >= 0.3 is 0 Å². The summed E-state index contributed by atoms with van der Waals surface area (Å²) in [5.41, 5.74) is -0.697. The Balaban J connectivity index is 3.38. The van der Waals surface area contributed by atoms with Crippen LogP contribution >= 0.6 is 0 Å². The molecule has 0 aromatic heterocycles. The molecule has 0 aliphatic rings. The van der Waals surface area contributed by atoms with Gasteiger partial charge in [0.2, 0.25) is 5.82 Å². The van der Waals surface area contributed by atoms with E-state index in [-0.39, 0.29) is 0 Å². The van der Waals surface area contributed by atoms with Crippen LogP contribution in [0.15, 0.2) is 6.07 Å². The molecule has 1 rings (SSSR count). The summed E-state index contributed by atoms with van der Waals surface area (Å²) in [6, 6.07) is 1.90. The highest BCUT2D eigenvalue weighted by Gasteiger charge is 2.23. The van der Waals surface area contributed by atoms with Crippen LogP contribution in [0.4, 0.5) is 13.2 Å². The van der Waals surface area contributed by atoms with E-state index in [1.165, 1.54) is 6.07 Å². The second kappa shape index (κ2) is 4.66. The number of nitriles is 1. The summed E-state index contributed by atoms with van der Waals surface area (Å²) in [4.78, 5) is 11.2. The molecule has 0 N–H and O–H groups in total. The lowest BCUT2D eigenvalue weighted by Gasteiger charge is -2.07. The predicted molar refractivity (Wildman–Crippen MR) is 47.4 cm³/mol. The number of halogens is 3. The smallest absolute Gasteiger partial charge is 0.203 e. The molecule has 16 heavy (non-hydrogen) atoms. The lowest BCUT2D eigenvalue weighted by molar-refractivity contribution is 0.0992. The Labute approximate surface area is 89.1 Å². The quantitative estimate of drug-likeness (QED) is 0.589. The van der Waals surface area contributed by atoms with Crippen molar-refractivity contribution in [2.75, 3.05) is 7.11 Å². The molecule has 0 saturated heterocycles. The van der Waals surface area contributed by atoms with Crippen LogP contribution in [0.3, 0.4) is 0 Å². The van der Waals surface area contributed by atoms with E-state index in [1.54, 1.807) is 0 Å². The zero-order valence-electron chi connectivity index (χ0n) is 8.18. The van der Waals surface area contributed by atoms with Crippen LogP contribution in [0.2, 0.25) is 0 Å². The Morgan fingerprint density at radius 2 is 2.06 bits per heavy atom. The number of ketones is 1. The maximum Gasteiger partial charge on any atom is 0.203 e. The minimum Gasteiger partial charge on any atom is -0.491 e. The molecular weight excluding hydrogens is 223 g/mol. The van der Waals surface area contributed by atoms with E-state index in [9.17, 15) is 18.0 Å². The van der Waals surface area contributed by atoms with Gasteiger partial charge in [-0.15, -0.1) is 0 Å². The Morgan fingerprint density at radius 1 is 1.44 bits per heavy atom. The van der Waals surface area contributed by atoms with E-state index >= 15 is 0 Å². The fourth-order valence-corrected chi connectivity index (χ4v) is 1.13. The number of carbonyl (C=O) groups is 1. The van der Waals surface area contributed by atoms with Crippen molar-refractivity contribution in [2.45, 2.75) is 6.42 Å². The Morgan fingerprint density at radius 3 is 2.56 bits per heavy atom. The van der Waals surface area contributed by atoms with Crippen LogP contribution in [0.1, 0.15) is 16.8 Å². The molecule has 0 atom stereocenters. The van der Waals surface area contributed by atoms with Crippen molar-refractivity contribution in [2.24, 2.45) is 0 Å². The van der Waals surface area contributed by atoms with Crippen LogP contribution in [-0.4, -0.2) is 12.9 Å². The van der Waals surface area contributed by atoms with Crippen molar-refractivity contribution in [3.05, 3.63) is 29.1 Å². The van der Waals surface area contributed by atoms with Gasteiger partial charge in [0.05, 0.1) is 25.2 Å². The first-order valence-electron chi connectivity index (χ1n) is 4.14. The maximum atomic E-state index is 13.4. The third-order valence-corrected chi connectivity index (χ3v) is 1.86. The molecule has 0 saturated carbocycles. The SMILES string of the molecule is COc1c(F)c(F)cc(C(=O)CC#N)c1F. The lowest BCUT2D eigenvalue weighted by atomic mass is 10.1. The van der Waals surface area contributed by atoms with Gasteiger partial charge in [-0.05, 0) is 6.07 Å². The summed E-state index contributed by atoms with van der Waals surface area (Å²) in [5, 5.41) is 8.25. The van der Waals surface area contributed by atoms with Crippen molar-refractivity contribution in [3.8, 4) is 11.8 Å². The van der Waals surface area contributed by atoms with Gasteiger partial charge < -0.3 is 4.74 Å². The van der Waals surface area contributed by atoms with Crippen LogP contribution < -0.4 is 4.74 Å². The van der Waals surface area contributed by atoms with Gasteiger partial charge in [-0.3, -0.25) is 4.79 Å². The minimum atomic E-state index is -1.51. The standard InChI is InChI=1S/C10H6F3NO2/c1-16-10-8(12)5(7(15)2-3-14)4-6(11)9(10)13/h4H,2H2,1H3. The first kappa shape index (κ1) is 12.0. The molecule has 0 fully saturated rings. The normalized spacial score (nSPS) is 9.69. The number of rotatable bonds is 3. The number of hydrogen-bond donors (Lipinski definition) is 0. The zero-order valence-corrected chi connectivity index (χ0v) is 8.18. The number of benzene rings is 1. The first-order chi connectivity index (χ1) is 7.52. The van der Waals surface area contributed by atoms with E-state index in [4.69, 9.17) is 5.26 Å². The molecular formula is C10H6F3NO2. The molecule has 0 heterocycles. The van der Waals surface area contributed by atoms with Crippen molar-refractivity contribution in [1.29, 1.82) is 5.26 Å². The molecule has 0 unspecified atom stereocenters. The molecule has 0 radical (unpaired) electrons. The summed E-state index contributed by atoms with van der Waals surface area (Å²) in [5.74, 6) is -6.12. The molecule has 0 bridgehead atoms. The summed E-state index contributed by atoms with van der Waals surface area (Å²) < 4.78 is 43.7. The van der Waals surface area contributed by atoms with E-state index in [0.717, 1.165) is 7.11 Å². The summed E-state index contributed by atoms with van der Waals surface area (Å²) in [6.07, 6.45) is -0.620. The zero-order chi connectivity index (χ0) is 12.3. The topological polar surface area (TPSA) is 50.1 Å². The average Bonchev–Trinajstić information content (AvgIpc) is 2.24. The predicted octanol–water partition coefficient (Wildman–Crippen LogP) is 2.21. The van der Waals surface area contributed by atoms with E-state index in [2.05, 4.69) is 4.74 Å². The van der Waals surface area contributed by atoms with Crippen LogP contribution in [0, 0.1) is 28.8 Å². The first-order valence-corrected chi connectivity index (χ1v) is 4.14. The molecule has 0 spiro atoms. The number of carbonyl (C=O) groups excluding carboxylic acids is 1. The van der Waals surface area contributed by atoms with Gasteiger partial charge in [0.15, 0.2) is 23.2 Å². The van der Waals surface area contributed by atoms with Gasteiger partial charge in [-0.25, -0.2) is 8.78 Å². The molecule has 1 aromatic carbocycles. The average molecular weight is 229 g/mol. The molecule has 0 aliphatic carbocycles. The van der Waals surface area contributed by atoms with Gasteiger partial charge in [-0.2, -0.15) is 9.65 Å². The molecule has 84 valence electrons. The lowest BCUT2D eigenvalue weighted by Crippen LogP contribution is -2.06. The molecule has 0 amide bonds. The summed E-state index contributed by atoms with van der Waals surface area (Å²) in [6.45, 7) is 0. The Hall–Kier alpha value is -2.03. The van der Waals surface area contributed by atoms with E-state index < -0.39 is 41.0 Å². The highest BCUT2D eigenvalue weighted by Crippen LogP contribution is 2.27. The van der Waals surface area contributed by atoms with Crippen LogP contribution in [-0.2, 0) is 0 Å². The van der Waals surface area contributed by atoms with Gasteiger partial charge in [-0.1, -0.05) is 0 Å². The highest BCUT2D eigenvalue weighted by molar-refractivity contribution is 5.98. The molecule has 6 heteroatoms. The largest absolute Gasteiger partial charge is 0.491 e. The van der Waals surface area contributed by atoms with Crippen molar-refractivity contribution >= 4 is 5.78 Å². The minimum absolute atomic E-state index is 0.410. The van der Waals surface area contributed by atoms with Gasteiger partial charge in [0.25, 0.3) is 0 Å². The Bertz CT molecular complexity index is 480. The third kappa shape index (κ3) is 1.98. The summed E-state index contributed by atoms with van der Waals surface area (Å²) in [7, 11) is 0.944. The molecule has 3 nitrogen and oxygen atoms in total. The summed E-state index contributed by atoms with van der Waals surface area (Å²) >= 11 is 0. The van der Waals surface area contributed by atoms with Crippen LogP contribution in [0.25, 0.3) is 0 Å². The van der Waals surface area contributed by atoms with Gasteiger partial charge in [0, 0.05) is 0 Å². The number of nitrogens with zero attached hydrogens (tertiary/aromatic N) is 1. The maximum absolute atomic E-state index is 13.4. The molecule has 1 aromatic rings. The number of Topliss-reactive ketones (excluding diaryl/α,β-unsaturated/α-hetero) is 1. The van der Waals surface area contributed by atoms with Crippen molar-refractivity contribution in [1.82, 2.24) is 0 Å². The van der Waals surface area contributed by atoms with E-state index in [1.807, 2.05) is 0 Å². The second-order valence-corrected chi connectivity index (χ2v) is 2.83. The van der Waals surface area contributed by atoms with Crippen LogP contribution in [0.5, 0.6) is 5.75 Å². The highest BCUT2D eigenvalue weighted by atomic mass is 19.2. The number of methoxy groups -OCH3 is 1. The fraction of sp³-hybridized carbons (Fsp3) is 0.200. The molecule has 0 aliphatic heterocycles. The second-order valence-electron chi connectivity index (χ2n) is 2.83. The fourth-order valence-electron chi connectivity index (χ4n) is 1.13. The van der Waals surface area contributed by atoms with Crippen molar-refractivity contribution in [3.63, 3.8) is 0 Å². The monoisotopic (exact) mass is 229 g/mol. The number of ether oxygens (including phenoxy) is 1. The Kier molecular flexibility index (Phi) is 3.51. The number of hydrogen-bond acceptors (Lipinski definition) is 3.